The van der Waals surface area contributed by atoms with Crippen LogP contribution >= 0.6 is 11.6 Å². The molecule has 0 amide bonds. The van der Waals surface area contributed by atoms with E-state index in [1.165, 1.54) is 18.2 Å². The molecule has 1 N–H and O–H groups in total. The maximum Gasteiger partial charge on any atom is 0.354 e. The Morgan fingerprint density at radius 3 is 2.42 bits per heavy atom. The first-order valence-corrected chi connectivity index (χ1v) is 13.4. The minimum Gasteiger partial charge on any atom is -0.461 e. The largest absolute Gasteiger partial charge is 0.461 e. The van der Waals surface area contributed by atoms with Crippen LogP contribution in [0.3, 0.4) is 0 Å². The Kier molecular flexibility index (Phi) is 6.32. The first kappa shape index (κ1) is 24.1. The number of H-pyrrole nitrogens is 1. The zero-order chi connectivity index (χ0) is 25.4. The molecule has 2 aromatic carbocycles. The van der Waals surface area contributed by atoms with Gasteiger partial charge in [-0.15, -0.1) is 0 Å². The van der Waals surface area contributed by atoms with Crippen molar-refractivity contribution in [2.45, 2.75) is 36.1 Å². The number of aryl methyl sites for hydroxylation is 2. The van der Waals surface area contributed by atoms with Crippen LogP contribution in [0.5, 0.6) is 0 Å². The molecule has 0 spiro atoms. The molecule has 0 saturated heterocycles. The van der Waals surface area contributed by atoms with E-state index in [4.69, 9.17) is 16.3 Å². The molecule has 2 heterocycles. The summed E-state index contributed by atoms with van der Waals surface area (Å²) in [6.07, 6.45) is 1.10. The Bertz CT molecular complexity index is 1620. The molecule has 7 nitrogen and oxygen atoms in total. The summed E-state index contributed by atoms with van der Waals surface area (Å²) in [6, 6.07) is 18.4. The molecule has 0 fully saturated rings. The fraction of sp³-hybridized carbons (Fsp3) is 0.185. The van der Waals surface area contributed by atoms with Crippen LogP contribution < -0.4 is 5.56 Å². The summed E-state index contributed by atoms with van der Waals surface area (Å²) in [4.78, 5) is 28.5. The Morgan fingerprint density at radius 2 is 1.72 bits per heavy atom. The Morgan fingerprint density at radius 1 is 1.03 bits per heavy atom. The fourth-order valence-electron chi connectivity index (χ4n) is 4.56. The van der Waals surface area contributed by atoms with Crippen LogP contribution in [0.25, 0.3) is 11.4 Å². The molecule has 1 aliphatic rings. The number of carbonyl (C=O) groups is 1. The molecule has 4 aromatic rings. The number of aromatic amines is 1. The Balaban J connectivity index is 1.67. The summed E-state index contributed by atoms with van der Waals surface area (Å²) in [5, 5.41) is 0.598. The van der Waals surface area contributed by atoms with E-state index < -0.39 is 21.4 Å². The lowest BCUT2D eigenvalue weighted by molar-refractivity contribution is 0.0514. The van der Waals surface area contributed by atoms with Crippen molar-refractivity contribution in [1.82, 2.24) is 9.55 Å². The molecule has 1 aliphatic carbocycles. The molecule has 2 aromatic heterocycles. The monoisotopic (exact) mass is 522 g/mol. The third kappa shape index (κ3) is 4.27. The standard InChI is InChI=1S/C27H23ClN2O5S/c1-2-35-27(32)22-14-19-11-10-18-15-23(36(33,34)21-6-4-3-5-7-21)26(31)29-24(18)25(19)30(22)16-17-8-12-20(28)13-9-17/h3-9,12-15H,2,10-11,16H2,1H3,(H,29,31). The highest BCUT2D eigenvalue weighted by molar-refractivity contribution is 7.91. The molecular weight excluding hydrogens is 500 g/mol. The predicted octanol–water partition coefficient (Wildman–Crippen LogP) is 4.65. The van der Waals surface area contributed by atoms with Gasteiger partial charge in [-0.3, -0.25) is 4.79 Å². The number of aromatic nitrogens is 2. The third-order valence-electron chi connectivity index (χ3n) is 6.25. The number of hydrogen-bond acceptors (Lipinski definition) is 5. The van der Waals surface area contributed by atoms with Gasteiger partial charge in [-0.1, -0.05) is 41.9 Å². The van der Waals surface area contributed by atoms with Crippen molar-refractivity contribution in [3.05, 3.63) is 104 Å². The molecule has 0 radical (unpaired) electrons. The van der Waals surface area contributed by atoms with Gasteiger partial charge in [-0.25, -0.2) is 13.2 Å². The van der Waals surface area contributed by atoms with Crippen molar-refractivity contribution in [2.75, 3.05) is 6.61 Å². The maximum absolute atomic E-state index is 13.2. The predicted molar refractivity (Wildman–Crippen MR) is 136 cm³/mol. The Labute approximate surface area is 213 Å². The van der Waals surface area contributed by atoms with E-state index in [-0.39, 0.29) is 16.4 Å². The van der Waals surface area contributed by atoms with Crippen LogP contribution in [0.15, 0.2) is 81.3 Å². The van der Waals surface area contributed by atoms with E-state index in [9.17, 15) is 18.0 Å². The molecule has 0 bridgehead atoms. The second-order valence-electron chi connectivity index (χ2n) is 8.52. The second kappa shape index (κ2) is 9.44. The number of nitrogens with zero attached hydrogens (tertiary/aromatic N) is 1. The number of pyridine rings is 1. The molecule has 184 valence electrons. The van der Waals surface area contributed by atoms with Crippen LogP contribution in [0.4, 0.5) is 0 Å². The number of nitrogens with one attached hydrogen (secondary N) is 1. The van der Waals surface area contributed by atoms with Gasteiger partial charge in [-0.2, -0.15) is 0 Å². The van der Waals surface area contributed by atoms with Gasteiger partial charge in [-0.05, 0) is 72.9 Å². The topological polar surface area (TPSA) is 98.2 Å². The molecular formula is C27H23ClN2O5S. The van der Waals surface area contributed by atoms with Gasteiger partial charge in [0.25, 0.3) is 5.56 Å². The minimum atomic E-state index is -4.00. The van der Waals surface area contributed by atoms with Crippen LogP contribution in [-0.2, 0) is 34.0 Å². The molecule has 0 saturated carbocycles. The summed E-state index contributed by atoms with van der Waals surface area (Å²) < 4.78 is 33.5. The maximum atomic E-state index is 13.2. The SMILES string of the molecule is CCOC(=O)c1cc2c(n1Cc1ccc(Cl)cc1)-c1[nH]c(=O)c(S(=O)(=O)c3ccccc3)cc1CC2. The molecule has 0 aliphatic heterocycles. The summed E-state index contributed by atoms with van der Waals surface area (Å²) in [5.41, 5.74) is 3.33. The minimum absolute atomic E-state index is 0.0580. The van der Waals surface area contributed by atoms with E-state index in [0.717, 1.165) is 11.1 Å². The number of carbonyl (C=O) groups excluding carboxylic acids is 1. The van der Waals surface area contributed by atoms with Gasteiger partial charge < -0.3 is 14.3 Å². The van der Waals surface area contributed by atoms with Gasteiger partial charge in [0.05, 0.1) is 22.9 Å². The Hall–Kier alpha value is -3.62. The highest BCUT2D eigenvalue weighted by atomic mass is 35.5. The normalized spacial score (nSPS) is 12.6. The van der Waals surface area contributed by atoms with Crippen LogP contribution in [0.2, 0.25) is 5.02 Å². The summed E-state index contributed by atoms with van der Waals surface area (Å²) in [5.74, 6) is -0.465. The van der Waals surface area contributed by atoms with E-state index in [1.807, 2.05) is 16.7 Å². The summed E-state index contributed by atoms with van der Waals surface area (Å²) >= 11 is 6.04. The highest BCUT2D eigenvalue weighted by Gasteiger charge is 2.30. The number of ether oxygens (including phenoxy) is 1. The van der Waals surface area contributed by atoms with E-state index in [2.05, 4.69) is 4.98 Å². The number of esters is 1. The smallest absolute Gasteiger partial charge is 0.354 e. The van der Waals surface area contributed by atoms with E-state index in [0.29, 0.717) is 47.1 Å². The van der Waals surface area contributed by atoms with E-state index >= 15 is 0 Å². The number of sulfone groups is 1. The van der Waals surface area contributed by atoms with Crippen molar-refractivity contribution in [3.63, 3.8) is 0 Å². The van der Waals surface area contributed by atoms with Gasteiger partial charge in [0, 0.05) is 11.6 Å². The van der Waals surface area contributed by atoms with Gasteiger partial charge >= 0.3 is 5.97 Å². The molecule has 5 rings (SSSR count). The van der Waals surface area contributed by atoms with Crippen LogP contribution in [-0.4, -0.2) is 30.5 Å². The molecule has 0 atom stereocenters. The number of halogens is 1. The summed E-state index contributed by atoms with van der Waals surface area (Å²) in [7, 11) is -4.00. The highest BCUT2D eigenvalue weighted by Crippen LogP contribution is 2.36. The number of hydrogen-bond donors (Lipinski definition) is 1. The quantitative estimate of drug-likeness (QED) is 0.372. The molecule has 36 heavy (non-hydrogen) atoms. The summed E-state index contributed by atoms with van der Waals surface area (Å²) in [6.45, 7) is 2.31. The first-order chi connectivity index (χ1) is 17.3. The molecule has 0 unspecified atom stereocenters. The zero-order valence-corrected chi connectivity index (χ0v) is 21.0. The van der Waals surface area contributed by atoms with Crippen molar-refractivity contribution in [1.29, 1.82) is 0 Å². The number of benzene rings is 2. The lowest BCUT2D eigenvalue weighted by atomic mass is 9.94. The lowest BCUT2D eigenvalue weighted by Gasteiger charge is -2.21. The van der Waals surface area contributed by atoms with Crippen molar-refractivity contribution >= 4 is 27.4 Å². The van der Waals surface area contributed by atoms with Gasteiger partial charge in [0.15, 0.2) is 0 Å². The third-order valence-corrected chi connectivity index (χ3v) is 8.27. The zero-order valence-electron chi connectivity index (χ0n) is 19.5. The lowest BCUT2D eigenvalue weighted by Crippen LogP contribution is -2.22. The molecule has 9 heteroatoms. The van der Waals surface area contributed by atoms with Crippen molar-refractivity contribution < 1.29 is 17.9 Å². The second-order valence-corrected chi connectivity index (χ2v) is 10.9. The van der Waals surface area contributed by atoms with Gasteiger partial charge in [0.1, 0.15) is 10.6 Å². The van der Waals surface area contributed by atoms with E-state index in [1.54, 1.807) is 43.3 Å². The average molecular weight is 523 g/mol. The van der Waals surface area contributed by atoms with Crippen molar-refractivity contribution in [2.24, 2.45) is 0 Å². The van der Waals surface area contributed by atoms with Crippen LogP contribution in [0, 0.1) is 0 Å². The van der Waals surface area contributed by atoms with Crippen molar-refractivity contribution in [3.8, 4) is 11.4 Å². The van der Waals surface area contributed by atoms with Crippen LogP contribution in [0.1, 0.15) is 34.1 Å². The number of fused-ring (bicyclic) bond motifs is 3. The average Bonchev–Trinajstić information content (AvgIpc) is 3.24. The first-order valence-electron chi connectivity index (χ1n) is 11.5. The number of rotatable bonds is 6. The fourth-order valence-corrected chi connectivity index (χ4v) is 6.05. The van der Waals surface area contributed by atoms with Gasteiger partial charge in [0.2, 0.25) is 9.84 Å².